The summed E-state index contributed by atoms with van der Waals surface area (Å²) in [6.07, 6.45) is 1.48. The molecule has 2 saturated heterocycles. The average molecular weight is 885 g/mol. The number of aliphatic hydroxyl groups excluding tert-OH is 1. The van der Waals surface area contributed by atoms with E-state index in [4.69, 9.17) is 39.0 Å². The number of phenols is 2. The second-order valence-electron chi connectivity index (χ2n) is 14.4. The molecule has 2 aliphatic heterocycles. The molecule has 2 fully saturated rings. The Morgan fingerprint density at radius 3 is 1.08 bits per heavy atom. The number of methoxy groups -OCH3 is 1. The molecule has 0 aliphatic carbocycles. The Morgan fingerprint density at radius 1 is 0.462 bits per heavy atom. The van der Waals surface area contributed by atoms with Gasteiger partial charge >= 0.3 is 0 Å². The van der Waals surface area contributed by atoms with Gasteiger partial charge in [0.15, 0.2) is 17.3 Å². The monoisotopic (exact) mass is 884 g/mol. The third-order valence-corrected chi connectivity index (χ3v) is 9.61. The first kappa shape index (κ1) is 50.9. The first-order valence-electron chi connectivity index (χ1n) is 21.8. The van der Waals surface area contributed by atoms with Crippen LogP contribution in [0.25, 0.3) is 0 Å². The van der Waals surface area contributed by atoms with E-state index in [1.807, 2.05) is 88.4 Å². The van der Waals surface area contributed by atoms with Crippen LogP contribution in [-0.2, 0) is 35.3 Å². The number of carbonyl (C=O) groups is 3. The van der Waals surface area contributed by atoms with Crippen molar-refractivity contribution in [2.45, 2.75) is 65.8 Å². The van der Waals surface area contributed by atoms with Crippen LogP contribution in [0.3, 0.4) is 0 Å². The van der Waals surface area contributed by atoms with Gasteiger partial charge in [-0.2, -0.15) is 0 Å². The fourth-order valence-electron chi connectivity index (χ4n) is 5.81. The maximum Gasteiger partial charge on any atom is 0.167 e. The van der Waals surface area contributed by atoms with Crippen molar-refractivity contribution in [1.82, 2.24) is 0 Å². The summed E-state index contributed by atoms with van der Waals surface area (Å²) in [6, 6.07) is 42.1. The van der Waals surface area contributed by atoms with Crippen molar-refractivity contribution in [2.75, 3.05) is 33.5 Å². The summed E-state index contributed by atoms with van der Waals surface area (Å²) >= 11 is 0. The zero-order valence-corrected chi connectivity index (χ0v) is 37.8. The van der Waals surface area contributed by atoms with Gasteiger partial charge in [-0.3, -0.25) is 14.4 Å². The molecule has 11 nitrogen and oxygen atoms in total. The highest BCUT2D eigenvalue weighted by atomic mass is 16.6. The van der Waals surface area contributed by atoms with E-state index in [-0.39, 0.29) is 54.1 Å². The van der Waals surface area contributed by atoms with Crippen molar-refractivity contribution in [2.24, 2.45) is 0 Å². The van der Waals surface area contributed by atoms with E-state index >= 15 is 0 Å². The van der Waals surface area contributed by atoms with Gasteiger partial charge in [-0.1, -0.05) is 88.4 Å². The zero-order valence-electron chi connectivity index (χ0n) is 37.8. The highest BCUT2D eigenvalue weighted by Crippen LogP contribution is 2.20. The lowest BCUT2D eigenvalue weighted by Crippen LogP contribution is -2.06. The molecule has 2 heterocycles. The van der Waals surface area contributed by atoms with Crippen molar-refractivity contribution < 1.29 is 53.4 Å². The van der Waals surface area contributed by atoms with Gasteiger partial charge in [0, 0.05) is 36.0 Å². The molecule has 0 bridgehead atoms. The summed E-state index contributed by atoms with van der Waals surface area (Å²) < 4.78 is 26.5. The molecule has 2 aliphatic rings. The third kappa shape index (κ3) is 18.5. The van der Waals surface area contributed by atoms with Gasteiger partial charge in [-0.25, -0.2) is 0 Å². The van der Waals surface area contributed by atoms with Crippen molar-refractivity contribution in [1.29, 1.82) is 0 Å². The van der Waals surface area contributed by atoms with Gasteiger partial charge in [-0.05, 0) is 107 Å². The van der Waals surface area contributed by atoms with Crippen LogP contribution >= 0.6 is 0 Å². The van der Waals surface area contributed by atoms with Crippen molar-refractivity contribution in [3.05, 3.63) is 185 Å². The topological polar surface area (TPSA) is 165 Å². The SMILES string of the molecule is CC.CC.COc1ccc(CC(=O)c2ccc(CO)cc2)cc1.O=C(Cc1ccc(O)cc1)c1ccc(O)cc1.O=C(Cc1ccc(OCC2CO2)cc1)c1ccc(OCC2CO2)cc1. The van der Waals surface area contributed by atoms with Crippen LogP contribution in [0.2, 0.25) is 0 Å². The minimum Gasteiger partial charge on any atom is -0.508 e. The molecule has 0 radical (unpaired) electrons. The van der Waals surface area contributed by atoms with Crippen LogP contribution in [0.1, 0.15) is 81.0 Å². The second kappa shape index (κ2) is 27.4. The molecule has 0 amide bonds. The van der Waals surface area contributed by atoms with Gasteiger partial charge in [0.2, 0.25) is 0 Å². The van der Waals surface area contributed by atoms with Crippen molar-refractivity contribution in [3.63, 3.8) is 0 Å². The lowest BCUT2D eigenvalue weighted by molar-refractivity contribution is 0.0984. The minimum atomic E-state index is -0.0179. The third-order valence-electron chi connectivity index (χ3n) is 9.61. The summed E-state index contributed by atoms with van der Waals surface area (Å²) in [4.78, 5) is 36.3. The Hall–Kier alpha value is -6.79. The molecule has 8 rings (SSSR count). The largest absolute Gasteiger partial charge is 0.508 e. The Balaban J connectivity index is 0.000000210. The van der Waals surface area contributed by atoms with Crippen molar-refractivity contribution in [3.8, 4) is 28.7 Å². The molecule has 0 saturated carbocycles. The van der Waals surface area contributed by atoms with Crippen LogP contribution in [-0.4, -0.2) is 78.4 Å². The fourth-order valence-corrected chi connectivity index (χ4v) is 5.81. The molecule has 0 spiro atoms. The number of hydrogen-bond acceptors (Lipinski definition) is 11. The number of rotatable bonds is 17. The highest BCUT2D eigenvalue weighted by Gasteiger charge is 2.24. The molecule has 6 aromatic rings. The number of epoxide rings is 2. The number of ketones is 3. The lowest BCUT2D eigenvalue weighted by Gasteiger charge is -2.07. The number of ether oxygens (including phenoxy) is 5. The van der Waals surface area contributed by atoms with Gasteiger partial charge < -0.3 is 39.0 Å². The molecule has 6 aromatic carbocycles. The van der Waals surface area contributed by atoms with E-state index in [0.29, 0.717) is 42.7 Å². The number of carbonyl (C=O) groups excluding carboxylic acids is 3. The Labute approximate surface area is 382 Å². The molecule has 342 valence electrons. The highest BCUT2D eigenvalue weighted by molar-refractivity contribution is 5.98. The van der Waals surface area contributed by atoms with Gasteiger partial charge in [-0.15, -0.1) is 0 Å². The number of benzene rings is 6. The smallest absolute Gasteiger partial charge is 0.167 e. The maximum atomic E-state index is 12.4. The second-order valence-corrected chi connectivity index (χ2v) is 14.4. The molecule has 2 unspecified atom stereocenters. The Bertz CT molecular complexity index is 2300. The van der Waals surface area contributed by atoms with Crippen LogP contribution in [0, 0.1) is 0 Å². The molecular formula is C54H60O11. The molecule has 11 heteroatoms. The van der Waals surface area contributed by atoms with Crippen molar-refractivity contribution >= 4 is 17.3 Å². The maximum absolute atomic E-state index is 12.4. The van der Waals surface area contributed by atoms with E-state index in [1.165, 1.54) is 12.1 Å². The molecule has 0 aromatic heterocycles. The van der Waals surface area contributed by atoms with E-state index in [2.05, 4.69) is 0 Å². The number of aliphatic hydroxyl groups is 1. The molecule has 2 atom stereocenters. The number of hydrogen-bond donors (Lipinski definition) is 3. The first-order valence-corrected chi connectivity index (χ1v) is 21.8. The van der Waals surface area contributed by atoms with E-state index < -0.39 is 0 Å². The zero-order chi connectivity index (χ0) is 47.0. The Morgan fingerprint density at radius 2 is 0.738 bits per heavy atom. The van der Waals surface area contributed by atoms with Crippen LogP contribution in [0.4, 0.5) is 0 Å². The summed E-state index contributed by atoms with van der Waals surface area (Å²) in [5.41, 5.74) is 5.48. The average Bonchev–Trinajstić information content (AvgIpc) is 4.31. The molecule has 3 N–H and O–H groups in total. The number of Topliss-reactive ketones (excluding diaryl/α,β-unsaturated/α-hetero) is 3. The van der Waals surface area contributed by atoms with Gasteiger partial charge in [0.25, 0.3) is 0 Å². The van der Waals surface area contributed by atoms with E-state index in [9.17, 15) is 14.4 Å². The predicted molar refractivity (Wildman–Crippen MR) is 252 cm³/mol. The number of phenolic OH excluding ortho intramolecular Hbond substituents is 2. The number of aromatic hydroxyl groups is 2. The van der Waals surface area contributed by atoms with E-state index in [1.54, 1.807) is 79.9 Å². The molecular weight excluding hydrogens is 825 g/mol. The van der Waals surface area contributed by atoms with Gasteiger partial charge in [0.1, 0.15) is 54.2 Å². The first-order chi connectivity index (χ1) is 31.6. The van der Waals surface area contributed by atoms with Crippen LogP contribution in [0.15, 0.2) is 146 Å². The summed E-state index contributed by atoms with van der Waals surface area (Å²) in [5.74, 6) is 2.80. The normalized spacial score (nSPS) is 13.8. The van der Waals surface area contributed by atoms with E-state index in [0.717, 1.165) is 52.7 Å². The molecule has 65 heavy (non-hydrogen) atoms. The Kier molecular flexibility index (Phi) is 21.4. The van der Waals surface area contributed by atoms with Gasteiger partial charge in [0.05, 0.1) is 26.9 Å². The standard InChI is InChI=1S/C20H20O5.C16H16O3.C14H12O3.2C2H6/c21-20(15-3-7-17(8-4-15)23-11-19-13-25-19)9-14-1-5-16(6-2-14)22-10-18-12-24-18;1-19-15-8-4-12(5-9-15)10-16(18)14-6-2-13(11-17)3-7-14;15-12-5-1-10(2-6-12)9-14(17)11-3-7-13(16)8-4-11;2*1-2/h1-8,18-19H,9-13H2;2-9,17H,10-11H2,1H3;1-8,15-16H,9H2;2*1-2H3. The summed E-state index contributed by atoms with van der Waals surface area (Å²) in [7, 11) is 1.61. The summed E-state index contributed by atoms with van der Waals surface area (Å²) in [5, 5.41) is 27.2. The fraction of sp³-hybridized carbons (Fsp3) is 0.278. The van der Waals surface area contributed by atoms with Crippen LogP contribution < -0.4 is 14.2 Å². The predicted octanol–water partition coefficient (Wildman–Crippen LogP) is 9.86. The quantitative estimate of drug-likeness (QED) is 0.0590. The lowest BCUT2D eigenvalue weighted by atomic mass is 10.0. The van der Waals surface area contributed by atoms with Crippen LogP contribution in [0.5, 0.6) is 28.7 Å². The summed E-state index contributed by atoms with van der Waals surface area (Å²) in [6.45, 7) is 10.7. The minimum absolute atomic E-state index is 0.00699.